The number of hydrogen-bond donors (Lipinski definition) is 0. The maximum atomic E-state index is 12.2. The van der Waals surface area contributed by atoms with Gasteiger partial charge in [-0.05, 0) is 36.2 Å². The Hall–Kier alpha value is -2.65. The van der Waals surface area contributed by atoms with E-state index in [0.717, 1.165) is 34.6 Å². The third-order valence-electron chi connectivity index (χ3n) is 6.67. The zero-order chi connectivity index (χ0) is 23.6. The molecular formula is C24H21Cl2N5O2S. The Morgan fingerprint density at radius 3 is 2.41 bits per heavy atom. The van der Waals surface area contributed by atoms with Crippen LogP contribution in [-0.2, 0) is 10.0 Å². The number of anilines is 1. The van der Waals surface area contributed by atoms with Crippen LogP contribution in [0.25, 0.3) is 28.0 Å². The SMILES string of the molecule is CS(=O)(=O)N1C[C@@H]2C[C@H]1CN2c1ccnc2c(-c3ccc(Cl)cc3)c(-c3ccccc3Cl)nn12. The van der Waals surface area contributed by atoms with Crippen molar-refractivity contribution in [3.8, 4) is 22.4 Å². The first-order valence-electron chi connectivity index (χ1n) is 10.9. The van der Waals surface area contributed by atoms with Crippen LogP contribution in [0.5, 0.6) is 0 Å². The monoisotopic (exact) mass is 513 g/mol. The Kier molecular flexibility index (Phi) is 5.11. The Morgan fingerprint density at radius 2 is 1.74 bits per heavy atom. The standard InChI is InChI=1S/C24H21Cl2N5O2S/c1-34(32,33)30-14-17-12-18(30)13-29(17)21-10-11-27-24-22(15-6-8-16(25)9-7-15)23(28-31(21)24)19-4-2-3-5-20(19)26/h2-11,17-18H,12-14H2,1H3/t17-,18-/m0/s1. The number of fused-ring (bicyclic) bond motifs is 3. The lowest BCUT2D eigenvalue weighted by atomic mass is 10.0. The van der Waals surface area contributed by atoms with E-state index in [0.29, 0.717) is 28.8 Å². The third kappa shape index (κ3) is 3.48. The van der Waals surface area contributed by atoms with E-state index in [1.165, 1.54) is 6.26 Å². The molecule has 2 fully saturated rings. The normalized spacial score (nSPS) is 20.5. The number of hydrogen-bond acceptors (Lipinski definition) is 5. The summed E-state index contributed by atoms with van der Waals surface area (Å²) in [4.78, 5) is 6.94. The largest absolute Gasteiger partial charge is 0.350 e. The quantitative estimate of drug-likeness (QED) is 0.399. The summed E-state index contributed by atoms with van der Waals surface area (Å²) in [6.07, 6.45) is 3.87. The number of piperazine rings is 1. The highest BCUT2D eigenvalue weighted by Crippen LogP contribution is 2.41. The number of aromatic nitrogens is 3. The minimum absolute atomic E-state index is 0.0300. The lowest BCUT2D eigenvalue weighted by molar-refractivity contribution is 0.370. The van der Waals surface area contributed by atoms with Gasteiger partial charge in [-0.1, -0.05) is 53.5 Å². The fourth-order valence-electron chi connectivity index (χ4n) is 5.19. The van der Waals surface area contributed by atoms with Gasteiger partial charge in [-0.3, -0.25) is 0 Å². The number of halogens is 2. The first-order valence-corrected chi connectivity index (χ1v) is 13.5. The average Bonchev–Trinajstić information content (AvgIpc) is 3.52. The summed E-state index contributed by atoms with van der Waals surface area (Å²) in [5.74, 6) is 0.888. The van der Waals surface area contributed by atoms with E-state index in [1.54, 1.807) is 10.5 Å². The predicted octanol–water partition coefficient (Wildman–Crippen LogP) is 4.59. The summed E-state index contributed by atoms with van der Waals surface area (Å²) in [5, 5.41) is 6.25. The fraction of sp³-hybridized carbons (Fsp3) is 0.250. The van der Waals surface area contributed by atoms with E-state index >= 15 is 0 Å². The number of benzene rings is 2. The molecule has 0 saturated carbocycles. The molecule has 174 valence electrons. The van der Waals surface area contributed by atoms with E-state index in [2.05, 4.69) is 4.90 Å². The zero-order valence-corrected chi connectivity index (χ0v) is 20.6. The van der Waals surface area contributed by atoms with Gasteiger partial charge in [-0.25, -0.2) is 13.4 Å². The molecule has 0 aliphatic carbocycles. The van der Waals surface area contributed by atoms with Crippen molar-refractivity contribution in [3.63, 3.8) is 0 Å². The van der Waals surface area contributed by atoms with Crippen molar-refractivity contribution in [1.29, 1.82) is 0 Å². The number of nitrogens with zero attached hydrogens (tertiary/aromatic N) is 5. The van der Waals surface area contributed by atoms with Crippen LogP contribution in [0, 0.1) is 0 Å². The van der Waals surface area contributed by atoms with Crippen molar-refractivity contribution >= 4 is 44.7 Å². The van der Waals surface area contributed by atoms with Gasteiger partial charge >= 0.3 is 0 Å². The van der Waals surface area contributed by atoms with Crippen LogP contribution in [-0.4, -0.2) is 58.8 Å². The molecular weight excluding hydrogens is 493 g/mol. The Balaban J connectivity index is 1.53. The second-order valence-electron chi connectivity index (χ2n) is 8.78. The van der Waals surface area contributed by atoms with Crippen molar-refractivity contribution < 1.29 is 8.42 Å². The van der Waals surface area contributed by atoms with Crippen molar-refractivity contribution in [2.75, 3.05) is 24.2 Å². The van der Waals surface area contributed by atoms with Gasteiger partial charge in [0, 0.05) is 42.0 Å². The second-order valence-corrected chi connectivity index (χ2v) is 11.6. The Morgan fingerprint density at radius 1 is 0.971 bits per heavy atom. The summed E-state index contributed by atoms with van der Waals surface area (Å²) in [5.41, 5.74) is 4.06. The van der Waals surface area contributed by atoms with Crippen LogP contribution in [0.15, 0.2) is 60.8 Å². The molecule has 34 heavy (non-hydrogen) atoms. The van der Waals surface area contributed by atoms with E-state index in [1.807, 2.05) is 59.1 Å². The topological polar surface area (TPSA) is 70.8 Å². The number of rotatable bonds is 4. The maximum Gasteiger partial charge on any atom is 0.211 e. The van der Waals surface area contributed by atoms with Crippen LogP contribution in [0.4, 0.5) is 5.82 Å². The minimum Gasteiger partial charge on any atom is -0.350 e. The zero-order valence-electron chi connectivity index (χ0n) is 18.3. The molecule has 2 saturated heterocycles. The van der Waals surface area contributed by atoms with Crippen molar-refractivity contribution in [2.24, 2.45) is 0 Å². The van der Waals surface area contributed by atoms with Crippen molar-refractivity contribution in [1.82, 2.24) is 18.9 Å². The van der Waals surface area contributed by atoms with Gasteiger partial charge in [0.1, 0.15) is 11.5 Å². The van der Waals surface area contributed by atoms with Crippen LogP contribution < -0.4 is 4.90 Å². The molecule has 4 heterocycles. The van der Waals surface area contributed by atoms with Crippen molar-refractivity contribution in [3.05, 3.63) is 70.8 Å². The molecule has 2 aliphatic heterocycles. The average molecular weight is 514 g/mol. The fourth-order valence-corrected chi connectivity index (χ4v) is 6.68. The Labute approximate surface area is 207 Å². The summed E-state index contributed by atoms with van der Waals surface area (Å²) in [7, 11) is -3.22. The van der Waals surface area contributed by atoms with Gasteiger partial charge in [0.2, 0.25) is 10.0 Å². The highest BCUT2D eigenvalue weighted by atomic mass is 35.5. The van der Waals surface area contributed by atoms with Crippen LogP contribution in [0.1, 0.15) is 6.42 Å². The molecule has 2 bridgehead atoms. The van der Waals surface area contributed by atoms with Gasteiger partial charge in [0.25, 0.3) is 0 Å². The molecule has 10 heteroatoms. The molecule has 7 nitrogen and oxygen atoms in total. The summed E-state index contributed by atoms with van der Waals surface area (Å²) in [6, 6.07) is 17.2. The lowest BCUT2D eigenvalue weighted by Crippen LogP contribution is -2.48. The highest BCUT2D eigenvalue weighted by molar-refractivity contribution is 7.88. The lowest BCUT2D eigenvalue weighted by Gasteiger charge is -2.34. The molecule has 4 aromatic rings. The molecule has 2 aliphatic rings. The minimum atomic E-state index is -3.22. The maximum absolute atomic E-state index is 12.2. The van der Waals surface area contributed by atoms with Gasteiger partial charge in [-0.2, -0.15) is 13.9 Å². The molecule has 0 spiro atoms. The molecule has 0 radical (unpaired) electrons. The molecule has 0 unspecified atom stereocenters. The molecule has 2 atom stereocenters. The first kappa shape index (κ1) is 21.9. The van der Waals surface area contributed by atoms with Crippen LogP contribution in [0.2, 0.25) is 10.0 Å². The van der Waals surface area contributed by atoms with E-state index in [9.17, 15) is 8.42 Å². The number of sulfonamides is 1. The molecule has 2 aromatic carbocycles. The van der Waals surface area contributed by atoms with Crippen molar-refractivity contribution in [2.45, 2.75) is 18.5 Å². The summed E-state index contributed by atoms with van der Waals surface area (Å²) >= 11 is 12.7. The van der Waals surface area contributed by atoms with Gasteiger partial charge in [0.05, 0.1) is 16.8 Å². The van der Waals surface area contributed by atoms with Gasteiger partial charge < -0.3 is 4.90 Å². The summed E-state index contributed by atoms with van der Waals surface area (Å²) < 4.78 is 27.8. The van der Waals surface area contributed by atoms with E-state index in [4.69, 9.17) is 33.3 Å². The summed E-state index contributed by atoms with van der Waals surface area (Å²) in [6.45, 7) is 1.10. The predicted molar refractivity (Wildman–Crippen MR) is 135 cm³/mol. The molecule has 0 amide bonds. The molecule has 2 aromatic heterocycles. The van der Waals surface area contributed by atoms with E-state index < -0.39 is 10.0 Å². The smallest absolute Gasteiger partial charge is 0.211 e. The highest BCUT2D eigenvalue weighted by Gasteiger charge is 2.47. The van der Waals surface area contributed by atoms with Gasteiger partial charge in [0.15, 0.2) is 5.65 Å². The van der Waals surface area contributed by atoms with Crippen LogP contribution >= 0.6 is 23.2 Å². The third-order valence-corrected chi connectivity index (χ3v) is 8.55. The molecule has 6 rings (SSSR count). The van der Waals surface area contributed by atoms with E-state index in [-0.39, 0.29) is 12.1 Å². The first-order chi connectivity index (χ1) is 16.3. The second kappa shape index (κ2) is 7.95. The van der Waals surface area contributed by atoms with Crippen LogP contribution in [0.3, 0.4) is 0 Å². The van der Waals surface area contributed by atoms with Gasteiger partial charge in [-0.15, -0.1) is 0 Å². The Bertz CT molecular complexity index is 1520. The molecule has 0 N–H and O–H groups in total.